The predicted molar refractivity (Wildman–Crippen MR) is 111 cm³/mol. The molecule has 4 nitrogen and oxygen atoms in total. The van der Waals surface area contributed by atoms with Gasteiger partial charge in [0.05, 0.1) is 0 Å². The molecule has 6 heteroatoms. The zero-order valence-electron chi connectivity index (χ0n) is 14.7. The highest BCUT2D eigenvalue weighted by Crippen LogP contribution is 2.20. The van der Waals surface area contributed by atoms with Crippen molar-refractivity contribution in [3.8, 4) is 0 Å². The first kappa shape index (κ1) is 16.9. The lowest BCUT2D eigenvalue weighted by molar-refractivity contribution is 0.689. The number of H-pyrrole nitrogens is 1. The number of rotatable bonds is 5. The lowest BCUT2D eigenvalue weighted by Crippen LogP contribution is -2.13. The molecule has 1 aliphatic rings. The van der Waals surface area contributed by atoms with Crippen LogP contribution in [0.4, 0.5) is 5.82 Å². The van der Waals surface area contributed by atoms with E-state index in [1.807, 2.05) is 30.7 Å². The fourth-order valence-electron chi connectivity index (χ4n) is 3.19. The minimum absolute atomic E-state index is 0.459. The SMILES string of the molecule is Bc1cnc2[nH]cc(Cc3ccc(NCC4C=CC(Cl)=CC4)nc3)c2c1. The summed E-state index contributed by atoms with van der Waals surface area (Å²) >= 11 is 5.96. The number of halogens is 1. The van der Waals surface area contributed by atoms with Crippen LogP contribution in [0.1, 0.15) is 17.5 Å². The van der Waals surface area contributed by atoms with Crippen LogP contribution < -0.4 is 10.8 Å². The van der Waals surface area contributed by atoms with E-state index in [9.17, 15) is 0 Å². The number of aromatic nitrogens is 3. The summed E-state index contributed by atoms with van der Waals surface area (Å²) in [6.45, 7) is 0.858. The maximum atomic E-state index is 5.96. The summed E-state index contributed by atoms with van der Waals surface area (Å²) < 4.78 is 0. The summed E-state index contributed by atoms with van der Waals surface area (Å²) in [5.74, 6) is 1.36. The van der Waals surface area contributed by atoms with E-state index < -0.39 is 0 Å². The molecule has 0 aromatic carbocycles. The summed E-state index contributed by atoms with van der Waals surface area (Å²) in [4.78, 5) is 12.2. The Kier molecular flexibility index (Phi) is 4.80. The summed E-state index contributed by atoms with van der Waals surface area (Å²) in [5.41, 5.74) is 4.54. The van der Waals surface area contributed by atoms with Crippen molar-refractivity contribution in [3.63, 3.8) is 0 Å². The number of nitrogens with zero attached hydrogens (tertiary/aromatic N) is 2. The van der Waals surface area contributed by atoms with E-state index >= 15 is 0 Å². The molecule has 0 bridgehead atoms. The Morgan fingerprint density at radius 3 is 2.96 bits per heavy atom. The molecule has 1 atom stereocenters. The largest absolute Gasteiger partial charge is 0.369 e. The van der Waals surface area contributed by atoms with Crippen molar-refractivity contribution in [3.05, 3.63) is 71.2 Å². The second kappa shape index (κ2) is 7.38. The molecule has 0 radical (unpaired) electrons. The molecule has 2 N–H and O–H groups in total. The van der Waals surface area contributed by atoms with E-state index in [1.54, 1.807) is 0 Å². The average molecular weight is 363 g/mol. The lowest BCUT2D eigenvalue weighted by Gasteiger charge is -2.15. The number of hydrogen-bond donors (Lipinski definition) is 2. The van der Waals surface area contributed by atoms with E-state index in [-0.39, 0.29) is 0 Å². The Balaban J connectivity index is 1.39. The van der Waals surface area contributed by atoms with Gasteiger partial charge < -0.3 is 10.3 Å². The predicted octanol–water partition coefficient (Wildman–Crippen LogP) is 2.92. The van der Waals surface area contributed by atoms with Gasteiger partial charge in [-0.3, -0.25) is 0 Å². The van der Waals surface area contributed by atoms with Gasteiger partial charge in [-0.25, -0.2) is 9.97 Å². The second-order valence-electron chi connectivity index (χ2n) is 6.78. The first-order valence-corrected chi connectivity index (χ1v) is 9.20. The van der Waals surface area contributed by atoms with Crippen LogP contribution in [0, 0.1) is 5.92 Å². The second-order valence-corrected chi connectivity index (χ2v) is 7.21. The number of allylic oxidation sites excluding steroid dienone is 3. The van der Waals surface area contributed by atoms with Gasteiger partial charge in [0.2, 0.25) is 0 Å². The minimum atomic E-state index is 0.459. The summed E-state index contributed by atoms with van der Waals surface area (Å²) in [6.07, 6.45) is 13.8. The molecule has 1 aliphatic carbocycles. The number of pyridine rings is 2. The summed E-state index contributed by atoms with van der Waals surface area (Å²) in [7, 11) is 2.07. The van der Waals surface area contributed by atoms with Crippen molar-refractivity contribution in [2.24, 2.45) is 5.92 Å². The molecule has 3 aromatic heterocycles. The van der Waals surface area contributed by atoms with Crippen molar-refractivity contribution in [2.75, 3.05) is 11.9 Å². The molecule has 4 rings (SSSR count). The molecule has 0 amide bonds. The van der Waals surface area contributed by atoms with Crippen molar-refractivity contribution in [2.45, 2.75) is 12.8 Å². The first-order chi connectivity index (χ1) is 12.7. The summed E-state index contributed by atoms with van der Waals surface area (Å²) in [5, 5.41) is 5.41. The minimum Gasteiger partial charge on any atom is -0.369 e. The van der Waals surface area contributed by atoms with Gasteiger partial charge in [-0.05, 0) is 35.6 Å². The van der Waals surface area contributed by atoms with Crippen molar-refractivity contribution in [1.82, 2.24) is 15.0 Å². The Hall–Kier alpha value is -2.53. The van der Waals surface area contributed by atoms with E-state index in [0.29, 0.717) is 5.92 Å². The molecular weight excluding hydrogens is 343 g/mol. The number of hydrogen-bond acceptors (Lipinski definition) is 3. The smallest absolute Gasteiger partial charge is 0.141 e. The van der Waals surface area contributed by atoms with Crippen LogP contribution in [-0.4, -0.2) is 29.3 Å². The third-order valence-corrected chi connectivity index (χ3v) is 4.94. The van der Waals surface area contributed by atoms with Gasteiger partial charge in [-0.15, -0.1) is 0 Å². The fraction of sp³-hybridized carbons (Fsp3) is 0.200. The highest BCUT2D eigenvalue weighted by Gasteiger charge is 2.09. The molecule has 0 spiro atoms. The number of fused-ring (bicyclic) bond motifs is 1. The molecule has 0 fully saturated rings. The molecule has 0 aliphatic heterocycles. The van der Waals surface area contributed by atoms with Crippen molar-refractivity contribution < 1.29 is 0 Å². The van der Waals surface area contributed by atoms with Crippen molar-refractivity contribution >= 4 is 41.8 Å². The third kappa shape index (κ3) is 3.83. The Morgan fingerprint density at radius 1 is 1.27 bits per heavy atom. The number of nitrogens with one attached hydrogen (secondary N) is 2. The maximum Gasteiger partial charge on any atom is 0.141 e. The molecule has 26 heavy (non-hydrogen) atoms. The topological polar surface area (TPSA) is 53.6 Å². The van der Waals surface area contributed by atoms with Gasteiger partial charge >= 0.3 is 0 Å². The van der Waals surface area contributed by atoms with Gasteiger partial charge in [0.15, 0.2) is 0 Å². The van der Waals surface area contributed by atoms with Crippen LogP contribution in [0.2, 0.25) is 0 Å². The summed E-state index contributed by atoms with van der Waals surface area (Å²) in [6, 6.07) is 6.35. The Morgan fingerprint density at radius 2 is 2.19 bits per heavy atom. The Labute approximate surface area is 158 Å². The first-order valence-electron chi connectivity index (χ1n) is 8.82. The van der Waals surface area contributed by atoms with Gasteiger partial charge in [0.25, 0.3) is 0 Å². The van der Waals surface area contributed by atoms with Crippen LogP contribution in [0.3, 0.4) is 0 Å². The van der Waals surface area contributed by atoms with Crippen LogP contribution in [-0.2, 0) is 6.42 Å². The molecule has 0 saturated heterocycles. The average Bonchev–Trinajstić information content (AvgIpc) is 3.04. The van der Waals surface area contributed by atoms with E-state index in [0.717, 1.165) is 35.9 Å². The molecule has 3 aromatic rings. The molecule has 130 valence electrons. The number of aromatic amines is 1. The Bertz CT molecular complexity index is 975. The van der Waals surface area contributed by atoms with Crippen LogP contribution >= 0.6 is 11.6 Å². The van der Waals surface area contributed by atoms with Crippen LogP contribution in [0.5, 0.6) is 0 Å². The normalized spacial score (nSPS) is 16.7. The van der Waals surface area contributed by atoms with Gasteiger partial charge in [0, 0.05) is 42.0 Å². The zero-order valence-corrected chi connectivity index (χ0v) is 15.4. The van der Waals surface area contributed by atoms with Gasteiger partial charge in [-0.1, -0.05) is 41.3 Å². The molecular formula is C20H20BClN4. The lowest BCUT2D eigenvalue weighted by atomic mass is 9.96. The van der Waals surface area contributed by atoms with Gasteiger partial charge in [0.1, 0.15) is 19.3 Å². The third-order valence-electron chi connectivity index (χ3n) is 4.66. The van der Waals surface area contributed by atoms with Crippen molar-refractivity contribution in [1.29, 1.82) is 0 Å². The number of anilines is 1. The molecule has 3 heterocycles. The van der Waals surface area contributed by atoms with E-state index in [2.05, 4.69) is 52.4 Å². The molecule has 1 unspecified atom stereocenters. The monoisotopic (exact) mass is 362 g/mol. The fourth-order valence-corrected chi connectivity index (χ4v) is 3.35. The zero-order chi connectivity index (χ0) is 17.9. The quantitative estimate of drug-likeness (QED) is 0.686. The van der Waals surface area contributed by atoms with Crippen LogP contribution in [0.15, 0.2) is 60.0 Å². The molecule has 0 saturated carbocycles. The highest BCUT2D eigenvalue weighted by molar-refractivity contribution is 6.32. The van der Waals surface area contributed by atoms with Gasteiger partial charge in [-0.2, -0.15) is 0 Å². The standard InChI is InChI=1S/C20H20BClN4/c21-16-8-18-15(11-25-20(18)26-12-16)7-14-3-6-19(24-10-14)23-9-13-1-4-17(22)5-2-13/h1,3-6,8,10-13H,2,7,9,21H2,(H,23,24)(H,25,26). The highest BCUT2D eigenvalue weighted by atomic mass is 35.5. The van der Waals surface area contributed by atoms with E-state index in [1.165, 1.54) is 22.0 Å². The maximum absolute atomic E-state index is 5.96. The van der Waals surface area contributed by atoms with E-state index in [4.69, 9.17) is 11.6 Å². The van der Waals surface area contributed by atoms with Crippen LogP contribution in [0.25, 0.3) is 11.0 Å².